The van der Waals surface area contributed by atoms with Crippen LogP contribution in [0.1, 0.15) is 22.3 Å². The molecule has 1 N–H and O–H groups in total. The zero-order valence-corrected chi connectivity index (χ0v) is 9.79. The van der Waals surface area contributed by atoms with E-state index in [-0.39, 0.29) is 6.54 Å². The van der Waals surface area contributed by atoms with Crippen molar-refractivity contribution in [2.75, 3.05) is 13.1 Å². The highest BCUT2D eigenvalue weighted by Gasteiger charge is 2.19. The molecular weight excluding hydrogens is 202 g/mol. The molecule has 0 saturated heterocycles. The minimum Gasteiger partial charge on any atom is -0.480 e. The minimum absolute atomic E-state index is 0.146. The van der Waals surface area contributed by atoms with Crippen molar-refractivity contribution in [1.82, 2.24) is 4.90 Å². The monoisotopic (exact) mass is 219 g/mol. The van der Waals surface area contributed by atoms with E-state index >= 15 is 0 Å². The van der Waals surface area contributed by atoms with Gasteiger partial charge in [0.1, 0.15) is 0 Å². The number of carboxylic acid groups (broad SMARTS) is 1. The summed E-state index contributed by atoms with van der Waals surface area (Å²) in [5.41, 5.74) is 5.28. The molecule has 0 aliphatic carbocycles. The molecule has 0 spiro atoms. The number of benzene rings is 1. The van der Waals surface area contributed by atoms with E-state index in [1.807, 2.05) is 4.90 Å². The van der Waals surface area contributed by atoms with Crippen molar-refractivity contribution in [1.29, 1.82) is 0 Å². The van der Waals surface area contributed by atoms with Crippen LogP contribution in [-0.2, 0) is 17.8 Å². The van der Waals surface area contributed by atoms with Gasteiger partial charge in [0.25, 0.3) is 0 Å². The van der Waals surface area contributed by atoms with E-state index < -0.39 is 5.97 Å². The average Bonchev–Trinajstić information content (AvgIpc) is 2.18. The van der Waals surface area contributed by atoms with E-state index in [1.54, 1.807) is 0 Å². The van der Waals surface area contributed by atoms with Crippen molar-refractivity contribution in [3.05, 3.63) is 34.4 Å². The molecule has 86 valence electrons. The number of aryl methyl sites for hydroxylation is 2. The minimum atomic E-state index is -0.742. The van der Waals surface area contributed by atoms with Gasteiger partial charge >= 0.3 is 5.97 Å². The van der Waals surface area contributed by atoms with Crippen molar-refractivity contribution >= 4 is 5.97 Å². The summed E-state index contributed by atoms with van der Waals surface area (Å²) >= 11 is 0. The first kappa shape index (κ1) is 11.1. The van der Waals surface area contributed by atoms with E-state index in [1.165, 1.54) is 22.3 Å². The van der Waals surface area contributed by atoms with E-state index in [4.69, 9.17) is 5.11 Å². The Morgan fingerprint density at radius 1 is 1.44 bits per heavy atom. The van der Waals surface area contributed by atoms with Crippen LogP contribution in [0.4, 0.5) is 0 Å². The summed E-state index contributed by atoms with van der Waals surface area (Å²) in [5.74, 6) is -0.742. The maximum atomic E-state index is 10.7. The van der Waals surface area contributed by atoms with Crippen molar-refractivity contribution in [2.45, 2.75) is 26.8 Å². The summed E-state index contributed by atoms with van der Waals surface area (Å²) in [6.07, 6.45) is 0.963. The fourth-order valence-corrected chi connectivity index (χ4v) is 2.44. The second-order valence-electron chi connectivity index (χ2n) is 4.57. The van der Waals surface area contributed by atoms with Crippen LogP contribution < -0.4 is 0 Å². The molecule has 1 aliphatic heterocycles. The van der Waals surface area contributed by atoms with Gasteiger partial charge in [-0.25, -0.2) is 0 Å². The molecule has 1 aliphatic rings. The molecule has 1 aromatic rings. The van der Waals surface area contributed by atoms with Gasteiger partial charge in [-0.1, -0.05) is 17.7 Å². The van der Waals surface area contributed by atoms with Gasteiger partial charge in [0.2, 0.25) is 0 Å². The molecule has 2 rings (SSSR count). The van der Waals surface area contributed by atoms with Gasteiger partial charge in [-0.3, -0.25) is 9.69 Å². The lowest BCUT2D eigenvalue weighted by atomic mass is 9.93. The van der Waals surface area contributed by atoms with Crippen LogP contribution in [0.2, 0.25) is 0 Å². The zero-order chi connectivity index (χ0) is 11.7. The van der Waals surface area contributed by atoms with Crippen LogP contribution in [0.5, 0.6) is 0 Å². The molecule has 0 fully saturated rings. The third kappa shape index (κ3) is 2.25. The van der Waals surface area contributed by atoms with Crippen molar-refractivity contribution < 1.29 is 9.90 Å². The van der Waals surface area contributed by atoms with E-state index in [2.05, 4.69) is 26.0 Å². The second-order valence-corrected chi connectivity index (χ2v) is 4.57. The van der Waals surface area contributed by atoms with Gasteiger partial charge in [0.15, 0.2) is 0 Å². The lowest BCUT2D eigenvalue weighted by Gasteiger charge is -2.28. The van der Waals surface area contributed by atoms with Crippen molar-refractivity contribution in [2.24, 2.45) is 0 Å². The standard InChI is InChI=1S/C13H17NO2/c1-9-5-10(2)12-7-14(8-13(15)16)4-3-11(12)6-9/h5-6H,3-4,7-8H2,1-2H3,(H,15,16). The van der Waals surface area contributed by atoms with Crippen LogP contribution in [0.15, 0.2) is 12.1 Å². The number of hydrogen-bond acceptors (Lipinski definition) is 2. The van der Waals surface area contributed by atoms with Crippen molar-refractivity contribution in [3.63, 3.8) is 0 Å². The lowest BCUT2D eigenvalue weighted by molar-refractivity contribution is -0.138. The fourth-order valence-electron chi connectivity index (χ4n) is 2.44. The van der Waals surface area contributed by atoms with Crippen LogP contribution in [0, 0.1) is 13.8 Å². The SMILES string of the molecule is Cc1cc(C)c2c(c1)CCN(CC(=O)O)C2. The summed E-state index contributed by atoms with van der Waals surface area (Å²) in [6.45, 7) is 5.98. The molecule has 3 nitrogen and oxygen atoms in total. The smallest absolute Gasteiger partial charge is 0.317 e. The molecular formula is C13H17NO2. The third-order valence-electron chi connectivity index (χ3n) is 3.15. The molecule has 0 bridgehead atoms. The highest BCUT2D eigenvalue weighted by atomic mass is 16.4. The average molecular weight is 219 g/mol. The van der Waals surface area contributed by atoms with Crippen LogP contribution in [0.25, 0.3) is 0 Å². The zero-order valence-electron chi connectivity index (χ0n) is 9.79. The number of fused-ring (bicyclic) bond motifs is 1. The largest absolute Gasteiger partial charge is 0.480 e. The third-order valence-corrected chi connectivity index (χ3v) is 3.15. The molecule has 0 amide bonds. The molecule has 1 heterocycles. The van der Waals surface area contributed by atoms with Crippen LogP contribution in [-0.4, -0.2) is 29.1 Å². The molecule has 0 unspecified atom stereocenters. The Bertz CT molecular complexity index is 426. The molecule has 16 heavy (non-hydrogen) atoms. The molecule has 0 atom stereocenters. The predicted molar refractivity (Wildman–Crippen MR) is 62.5 cm³/mol. The number of aliphatic carboxylic acids is 1. The maximum Gasteiger partial charge on any atom is 0.317 e. The Hall–Kier alpha value is -1.35. The summed E-state index contributed by atoms with van der Waals surface area (Å²) in [5, 5.41) is 8.79. The Labute approximate surface area is 95.7 Å². The Morgan fingerprint density at radius 2 is 2.19 bits per heavy atom. The Morgan fingerprint density at radius 3 is 2.88 bits per heavy atom. The van der Waals surface area contributed by atoms with Gasteiger partial charge in [-0.05, 0) is 37.0 Å². The first-order valence-corrected chi connectivity index (χ1v) is 5.59. The topological polar surface area (TPSA) is 40.5 Å². The molecule has 3 heteroatoms. The predicted octanol–water partition coefficient (Wildman–Crippen LogP) is 1.75. The Balaban J connectivity index is 2.23. The summed E-state index contributed by atoms with van der Waals surface area (Å²) in [4.78, 5) is 12.7. The van der Waals surface area contributed by atoms with E-state index in [0.29, 0.717) is 0 Å². The Kier molecular flexibility index (Phi) is 2.97. The van der Waals surface area contributed by atoms with Crippen LogP contribution >= 0.6 is 0 Å². The number of carbonyl (C=O) groups is 1. The van der Waals surface area contributed by atoms with Gasteiger partial charge < -0.3 is 5.11 Å². The molecule has 0 saturated carbocycles. The normalized spacial score (nSPS) is 15.9. The fraction of sp³-hybridized carbons (Fsp3) is 0.462. The number of hydrogen-bond donors (Lipinski definition) is 1. The first-order valence-electron chi connectivity index (χ1n) is 5.59. The van der Waals surface area contributed by atoms with Gasteiger partial charge in [0, 0.05) is 13.1 Å². The summed E-state index contributed by atoms with van der Waals surface area (Å²) < 4.78 is 0. The number of carboxylic acids is 1. The number of nitrogens with zero attached hydrogens (tertiary/aromatic N) is 1. The second kappa shape index (κ2) is 4.26. The maximum absolute atomic E-state index is 10.7. The number of rotatable bonds is 2. The summed E-state index contributed by atoms with van der Waals surface area (Å²) in [7, 11) is 0. The quantitative estimate of drug-likeness (QED) is 0.823. The van der Waals surface area contributed by atoms with Gasteiger partial charge in [-0.2, -0.15) is 0 Å². The van der Waals surface area contributed by atoms with Crippen molar-refractivity contribution in [3.8, 4) is 0 Å². The van der Waals surface area contributed by atoms with E-state index in [9.17, 15) is 4.79 Å². The van der Waals surface area contributed by atoms with Gasteiger partial charge in [-0.15, -0.1) is 0 Å². The lowest BCUT2D eigenvalue weighted by Crippen LogP contribution is -2.35. The first-order chi connectivity index (χ1) is 7.56. The van der Waals surface area contributed by atoms with E-state index in [0.717, 1.165) is 19.5 Å². The highest BCUT2D eigenvalue weighted by molar-refractivity contribution is 5.69. The molecule has 0 radical (unpaired) electrons. The molecule has 0 aromatic heterocycles. The van der Waals surface area contributed by atoms with Gasteiger partial charge in [0.05, 0.1) is 6.54 Å². The summed E-state index contributed by atoms with van der Waals surface area (Å²) in [6, 6.07) is 4.39. The highest BCUT2D eigenvalue weighted by Crippen LogP contribution is 2.23. The van der Waals surface area contributed by atoms with Crippen LogP contribution in [0.3, 0.4) is 0 Å². The molecule has 1 aromatic carbocycles.